The SMILES string of the molecule is CN=C(NCc1ccccn1)NCc1ccccc1OC1CCCC1. The van der Waals surface area contributed by atoms with Gasteiger partial charge in [0.2, 0.25) is 0 Å². The zero-order valence-corrected chi connectivity index (χ0v) is 14.7. The summed E-state index contributed by atoms with van der Waals surface area (Å²) >= 11 is 0. The molecule has 0 atom stereocenters. The molecule has 0 aliphatic heterocycles. The fourth-order valence-corrected chi connectivity index (χ4v) is 3.03. The number of hydrogen-bond donors (Lipinski definition) is 2. The predicted molar refractivity (Wildman–Crippen MR) is 101 cm³/mol. The molecule has 1 aliphatic carbocycles. The van der Waals surface area contributed by atoms with Gasteiger partial charge in [-0.3, -0.25) is 9.98 Å². The van der Waals surface area contributed by atoms with E-state index in [1.807, 2.05) is 30.3 Å². The first kappa shape index (κ1) is 17.3. The molecule has 0 radical (unpaired) electrons. The molecular formula is C20H26N4O. The van der Waals surface area contributed by atoms with Gasteiger partial charge in [0.15, 0.2) is 5.96 Å². The summed E-state index contributed by atoms with van der Waals surface area (Å²) in [5, 5.41) is 6.64. The maximum absolute atomic E-state index is 6.19. The van der Waals surface area contributed by atoms with Crippen molar-refractivity contribution in [2.24, 2.45) is 4.99 Å². The van der Waals surface area contributed by atoms with E-state index in [2.05, 4.69) is 32.7 Å². The zero-order chi connectivity index (χ0) is 17.3. The summed E-state index contributed by atoms with van der Waals surface area (Å²) in [5.41, 5.74) is 2.13. The van der Waals surface area contributed by atoms with Gasteiger partial charge in [-0.2, -0.15) is 0 Å². The highest BCUT2D eigenvalue weighted by Gasteiger charge is 2.17. The van der Waals surface area contributed by atoms with Gasteiger partial charge in [-0.15, -0.1) is 0 Å². The van der Waals surface area contributed by atoms with E-state index in [1.165, 1.54) is 12.8 Å². The molecule has 5 heteroatoms. The second kappa shape index (κ2) is 9.06. The smallest absolute Gasteiger partial charge is 0.191 e. The van der Waals surface area contributed by atoms with Crippen molar-refractivity contribution in [1.82, 2.24) is 15.6 Å². The number of hydrogen-bond acceptors (Lipinski definition) is 3. The number of aromatic nitrogens is 1. The largest absolute Gasteiger partial charge is 0.490 e. The number of nitrogens with zero attached hydrogens (tertiary/aromatic N) is 2. The minimum Gasteiger partial charge on any atom is -0.490 e. The second-order valence-electron chi connectivity index (χ2n) is 6.23. The molecule has 1 aromatic carbocycles. The molecule has 1 fully saturated rings. The molecule has 2 aromatic rings. The second-order valence-corrected chi connectivity index (χ2v) is 6.23. The molecule has 0 spiro atoms. The Labute approximate surface area is 149 Å². The quantitative estimate of drug-likeness (QED) is 0.627. The Bertz CT molecular complexity index is 681. The van der Waals surface area contributed by atoms with Crippen molar-refractivity contribution in [2.45, 2.75) is 44.9 Å². The fourth-order valence-electron chi connectivity index (χ4n) is 3.03. The van der Waals surface area contributed by atoms with E-state index in [4.69, 9.17) is 4.74 Å². The minimum absolute atomic E-state index is 0.364. The van der Waals surface area contributed by atoms with Crippen LogP contribution in [-0.4, -0.2) is 24.1 Å². The van der Waals surface area contributed by atoms with E-state index in [-0.39, 0.29) is 0 Å². The highest BCUT2D eigenvalue weighted by atomic mass is 16.5. The molecule has 132 valence electrons. The summed E-state index contributed by atoms with van der Waals surface area (Å²) in [6.45, 7) is 1.31. The molecule has 0 amide bonds. The summed E-state index contributed by atoms with van der Waals surface area (Å²) in [4.78, 5) is 8.59. The summed E-state index contributed by atoms with van der Waals surface area (Å²) in [6.07, 6.45) is 7.03. The van der Waals surface area contributed by atoms with Gasteiger partial charge < -0.3 is 15.4 Å². The first-order valence-electron chi connectivity index (χ1n) is 8.94. The van der Waals surface area contributed by atoms with Crippen molar-refractivity contribution in [1.29, 1.82) is 0 Å². The zero-order valence-electron chi connectivity index (χ0n) is 14.7. The molecular weight excluding hydrogens is 312 g/mol. The molecule has 1 heterocycles. The van der Waals surface area contributed by atoms with E-state index >= 15 is 0 Å². The topological polar surface area (TPSA) is 58.5 Å². The molecule has 5 nitrogen and oxygen atoms in total. The van der Waals surface area contributed by atoms with Gasteiger partial charge in [0, 0.05) is 25.4 Å². The Morgan fingerprint density at radius 3 is 2.60 bits per heavy atom. The van der Waals surface area contributed by atoms with Crippen LogP contribution in [0.15, 0.2) is 53.7 Å². The lowest BCUT2D eigenvalue weighted by molar-refractivity contribution is 0.208. The van der Waals surface area contributed by atoms with Crippen molar-refractivity contribution in [3.8, 4) is 5.75 Å². The van der Waals surface area contributed by atoms with Crippen molar-refractivity contribution in [2.75, 3.05) is 7.05 Å². The van der Waals surface area contributed by atoms with Crippen LogP contribution < -0.4 is 15.4 Å². The van der Waals surface area contributed by atoms with Crippen LogP contribution in [0, 0.1) is 0 Å². The van der Waals surface area contributed by atoms with E-state index in [0.29, 0.717) is 19.2 Å². The normalized spacial score (nSPS) is 15.2. The lowest BCUT2D eigenvalue weighted by Gasteiger charge is -2.18. The van der Waals surface area contributed by atoms with Gasteiger partial charge in [-0.25, -0.2) is 0 Å². The Morgan fingerprint density at radius 1 is 1.08 bits per heavy atom. The van der Waals surface area contributed by atoms with E-state index in [9.17, 15) is 0 Å². The molecule has 1 saturated carbocycles. The van der Waals surface area contributed by atoms with Gasteiger partial charge in [-0.1, -0.05) is 24.3 Å². The predicted octanol–water partition coefficient (Wildman–Crippen LogP) is 3.27. The van der Waals surface area contributed by atoms with Gasteiger partial charge in [0.1, 0.15) is 5.75 Å². The van der Waals surface area contributed by atoms with Gasteiger partial charge >= 0.3 is 0 Å². The highest BCUT2D eigenvalue weighted by Crippen LogP contribution is 2.26. The summed E-state index contributed by atoms with van der Waals surface area (Å²) < 4.78 is 6.19. The van der Waals surface area contributed by atoms with Crippen molar-refractivity contribution >= 4 is 5.96 Å². The van der Waals surface area contributed by atoms with E-state index < -0.39 is 0 Å². The van der Waals surface area contributed by atoms with Crippen LogP contribution in [-0.2, 0) is 13.1 Å². The number of rotatable bonds is 6. The van der Waals surface area contributed by atoms with Crippen molar-refractivity contribution < 1.29 is 4.74 Å². The van der Waals surface area contributed by atoms with Gasteiger partial charge in [0.25, 0.3) is 0 Å². The molecule has 1 aromatic heterocycles. The number of para-hydroxylation sites is 1. The highest BCUT2D eigenvalue weighted by molar-refractivity contribution is 5.79. The third kappa shape index (κ3) is 5.21. The fraction of sp³-hybridized carbons (Fsp3) is 0.400. The Kier molecular flexibility index (Phi) is 6.26. The van der Waals surface area contributed by atoms with Crippen LogP contribution in [0.1, 0.15) is 36.9 Å². The Morgan fingerprint density at radius 2 is 1.84 bits per heavy atom. The first-order chi connectivity index (χ1) is 12.3. The average Bonchev–Trinajstić information content (AvgIpc) is 3.17. The number of benzene rings is 1. The van der Waals surface area contributed by atoms with Crippen LogP contribution in [0.25, 0.3) is 0 Å². The molecule has 0 saturated heterocycles. The average molecular weight is 338 g/mol. The van der Waals surface area contributed by atoms with Crippen molar-refractivity contribution in [3.63, 3.8) is 0 Å². The van der Waals surface area contributed by atoms with Crippen molar-refractivity contribution in [3.05, 3.63) is 59.9 Å². The van der Waals surface area contributed by atoms with Crippen LogP contribution in [0.5, 0.6) is 5.75 Å². The Balaban J connectivity index is 1.54. The molecule has 0 bridgehead atoms. The lowest BCUT2D eigenvalue weighted by atomic mass is 10.2. The van der Waals surface area contributed by atoms with Crippen LogP contribution in [0.4, 0.5) is 0 Å². The molecule has 25 heavy (non-hydrogen) atoms. The van der Waals surface area contributed by atoms with Gasteiger partial charge in [0.05, 0.1) is 18.3 Å². The van der Waals surface area contributed by atoms with Crippen LogP contribution in [0.2, 0.25) is 0 Å². The first-order valence-corrected chi connectivity index (χ1v) is 8.94. The minimum atomic E-state index is 0.364. The number of guanidine groups is 1. The standard InChI is InChI=1S/C20H26N4O/c1-21-20(24-15-17-9-6-7-13-22-17)23-14-16-8-2-5-12-19(16)25-18-10-3-4-11-18/h2,5-9,12-13,18H,3-4,10-11,14-15H2,1H3,(H2,21,23,24). The number of nitrogens with one attached hydrogen (secondary N) is 2. The molecule has 1 aliphatic rings. The maximum atomic E-state index is 6.19. The number of ether oxygens (including phenoxy) is 1. The summed E-state index contributed by atoms with van der Waals surface area (Å²) in [7, 11) is 1.77. The van der Waals surface area contributed by atoms with Gasteiger partial charge in [-0.05, 0) is 43.9 Å². The Hall–Kier alpha value is -2.56. The van der Waals surface area contributed by atoms with Crippen LogP contribution in [0.3, 0.4) is 0 Å². The number of aliphatic imine (C=N–C) groups is 1. The molecule has 2 N–H and O–H groups in total. The maximum Gasteiger partial charge on any atom is 0.191 e. The molecule has 0 unspecified atom stereocenters. The van der Waals surface area contributed by atoms with Crippen LogP contribution >= 0.6 is 0 Å². The monoisotopic (exact) mass is 338 g/mol. The third-order valence-electron chi connectivity index (χ3n) is 4.40. The summed E-state index contributed by atoms with van der Waals surface area (Å²) in [6, 6.07) is 14.1. The molecule has 3 rings (SSSR count). The third-order valence-corrected chi connectivity index (χ3v) is 4.40. The van der Waals surface area contributed by atoms with E-state index in [0.717, 1.165) is 35.8 Å². The summed E-state index contributed by atoms with van der Waals surface area (Å²) in [5.74, 6) is 1.73. The van der Waals surface area contributed by atoms with E-state index in [1.54, 1.807) is 13.2 Å². The number of pyridine rings is 1. The lowest BCUT2D eigenvalue weighted by Crippen LogP contribution is -2.36.